The number of aryl methyl sites for hydroxylation is 1. The highest BCUT2D eigenvalue weighted by Gasteiger charge is 2.30. The van der Waals surface area contributed by atoms with Gasteiger partial charge in [-0.1, -0.05) is 6.07 Å². The Morgan fingerprint density at radius 3 is 2.61 bits per heavy atom. The number of carbonyl (C=O) groups is 1. The smallest absolute Gasteiger partial charge is 0.253 e. The number of carbonyl (C=O) groups excluding carboxylic acids is 1. The van der Waals surface area contributed by atoms with Crippen LogP contribution in [0.4, 0.5) is 14.5 Å². The Morgan fingerprint density at radius 2 is 2.00 bits per heavy atom. The number of benzene rings is 1. The first kappa shape index (κ1) is 22.9. The zero-order valence-corrected chi connectivity index (χ0v) is 17.4. The predicted octanol–water partition coefficient (Wildman–Crippen LogP) is 2.76. The summed E-state index contributed by atoms with van der Waals surface area (Å²) in [4.78, 5) is 23.2. The summed E-state index contributed by atoms with van der Waals surface area (Å²) in [5, 5.41) is 11.7. The number of aromatic nitrogens is 1. The third kappa shape index (κ3) is 6.11. The maximum Gasteiger partial charge on any atom is 0.253 e. The number of hydrogen-bond acceptors (Lipinski definition) is 5. The number of anilines is 1. The van der Waals surface area contributed by atoms with Crippen molar-refractivity contribution in [3.05, 3.63) is 58.5 Å². The maximum absolute atomic E-state index is 13.1. The molecule has 0 bridgehead atoms. The van der Waals surface area contributed by atoms with Gasteiger partial charge in [-0.25, -0.2) is 4.39 Å². The minimum Gasteiger partial charge on any atom is -0.487 e. The van der Waals surface area contributed by atoms with E-state index in [4.69, 9.17) is 14.6 Å². The average Bonchev–Trinajstić information content (AvgIpc) is 3.14. The number of aliphatic hydroxyl groups is 1. The van der Waals surface area contributed by atoms with Gasteiger partial charge in [0.15, 0.2) is 11.6 Å². The Kier molecular flexibility index (Phi) is 7.40. The molecule has 1 aliphatic carbocycles. The van der Waals surface area contributed by atoms with Crippen molar-refractivity contribution in [2.45, 2.75) is 57.0 Å². The number of ether oxygens (including phenoxy) is 2. The van der Waals surface area contributed by atoms with Gasteiger partial charge in [0.05, 0.1) is 12.2 Å². The number of rotatable bonds is 4. The highest BCUT2D eigenvalue weighted by molar-refractivity contribution is 5.94. The SMILES string of the molecule is CC1CCC(C(=O)Nc2ccn(C)c(=O)c2)O1.OC1CC(Oc2cccc(F)c2F)C1. The highest BCUT2D eigenvalue weighted by atomic mass is 19.2. The first-order chi connectivity index (χ1) is 14.7. The largest absolute Gasteiger partial charge is 0.487 e. The van der Waals surface area contributed by atoms with Crippen LogP contribution < -0.4 is 15.6 Å². The second-order valence-corrected chi connectivity index (χ2v) is 7.78. The fraction of sp³-hybridized carbons (Fsp3) is 0.455. The third-order valence-electron chi connectivity index (χ3n) is 5.18. The molecule has 1 amide bonds. The molecule has 1 aromatic carbocycles. The van der Waals surface area contributed by atoms with E-state index < -0.39 is 17.7 Å². The van der Waals surface area contributed by atoms with Crippen LogP contribution in [0.5, 0.6) is 5.75 Å². The summed E-state index contributed by atoms with van der Waals surface area (Å²) in [6.07, 6.45) is 3.40. The Bertz CT molecular complexity index is 975. The predicted molar refractivity (Wildman–Crippen MR) is 110 cm³/mol. The summed E-state index contributed by atoms with van der Waals surface area (Å²) in [6.45, 7) is 1.95. The first-order valence-corrected chi connectivity index (χ1v) is 10.1. The van der Waals surface area contributed by atoms with Gasteiger partial charge in [0, 0.05) is 37.8 Å². The molecule has 2 atom stereocenters. The lowest BCUT2D eigenvalue weighted by Gasteiger charge is -2.31. The van der Waals surface area contributed by atoms with Crippen LogP contribution in [0.2, 0.25) is 0 Å². The molecule has 0 spiro atoms. The van der Waals surface area contributed by atoms with Gasteiger partial charge in [0.25, 0.3) is 11.5 Å². The molecule has 31 heavy (non-hydrogen) atoms. The molecule has 7 nitrogen and oxygen atoms in total. The number of amides is 1. The van der Waals surface area contributed by atoms with Crippen molar-refractivity contribution >= 4 is 11.6 Å². The molecule has 1 aromatic heterocycles. The van der Waals surface area contributed by atoms with Gasteiger partial charge in [-0.3, -0.25) is 9.59 Å². The summed E-state index contributed by atoms with van der Waals surface area (Å²) >= 11 is 0. The standard InChI is InChI=1S/C12H16N2O3.C10H10F2O2/c1-8-3-4-10(17-8)12(16)13-9-5-6-14(2)11(15)7-9;11-8-2-1-3-9(10(8)12)14-7-4-6(13)5-7/h5-8,10H,3-4H2,1-2H3,(H,13,16);1-3,6-7,13H,4-5H2. The molecular weight excluding hydrogens is 410 g/mol. The van der Waals surface area contributed by atoms with E-state index in [2.05, 4.69) is 5.32 Å². The van der Waals surface area contributed by atoms with Gasteiger partial charge in [0.1, 0.15) is 12.2 Å². The minimum absolute atomic E-state index is 0.0816. The summed E-state index contributed by atoms with van der Waals surface area (Å²) in [5.41, 5.74) is 0.366. The van der Waals surface area contributed by atoms with Crippen molar-refractivity contribution in [1.82, 2.24) is 4.57 Å². The van der Waals surface area contributed by atoms with Crippen LogP contribution in [0.3, 0.4) is 0 Å². The molecule has 1 saturated heterocycles. The van der Waals surface area contributed by atoms with E-state index in [9.17, 15) is 18.4 Å². The third-order valence-corrected chi connectivity index (χ3v) is 5.18. The Labute approximate surface area is 178 Å². The van der Waals surface area contributed by atoms with E-state index in [-0.39, 0.29) is 35.5 Å². The molecule has 2 N–H and O–H groups in total. The van der Waals surface area contributed by atoms with Crippen LogP contribution in [0, 0.1) is 11.6 Å². The molecule has 9 heteroatoms. The topological polar surface area (TPSA) is 89.8 Å². The number of nitrogens with one attached hydrogen (secondary N) is 1. The van der Waals surface area contributed by atoms with E-state index in [0.717, 1.165) is 18.9 Å². The molecule has 1 saturated carbocycles. The number of halogens is 2. The molecule has 168 valence electrons. The zero-order chi connectivity index (χ0) is 22.5. The molecule has 2 aliphatic rings. The van der Waals surface area contributed by atoms with Crippen LogP contribution >= 0.6 is 0 Å². The molecule has 2 unspecified atom stereocenters. The van der Waals surface area contributed by atoms with E-state index >= 15 is 0 Å². The number of hydrogen-bond donors (Lipinski definition) is 2. The zero-order valence-electron chi connectivity index (χ0n) is 17.4. The Balaban J connectivity index is 0.000000179. The Morgan fingerprint density at radius 1 is 1.26 bits per heavy atom. The van der Waals surface area contributed by atoms with Crippen LogP contribution in [0.25, 0.3) is 0 Å². The van der Waals surface area contributed by atoms with Crippen LogP contribution in [0.15, 0.2) is 41.3 Å². The number of pyridine rings is 1. The lowest BCUT2D eigenvalue weighted by atomic mass is 9.92. The normalized spacial score (nSPS) is 24.5. The van der Waals surface area contributed by atoms with Crippen LogP contribution in [-0.2, 0) is 16.6 Å². The highest BCUT2D eigenvalue weighted by Crippen LogP contribution is 2.28. The fourth-order valence-corrected chi connectivity index (χ4v) is 3.23. The van der Waals surface area contributed by atoms with E-state index in [1.165, 1.54) is 22.8 Å². The van der Waals surface area contributed by atoms with Gasteiger partial charge in [0.2, 0.25) is 5.82 Å². The quantitative estimate of drug-likeness (QED) is 0.769. The van der Waals surface area contributed by atoms with Gasteiger partial charge in [-0.15, -0.1) is 0 Å². The van der Waals surface area contributed by atoms with E-state index in [1.807, 2.05) is 6.92 Å². The molecule has 2 aromatic rings. The molecule has 1 aliphatic heterocycles. The van der Waals surface area contributed by atoms with Crippen molar-refractivity contribution in [1.29, 1.82) is 0 Å². The van der Waals surface area contributed by atoms with Gasteiger partial charge in [-0.05, 0) is 38.0 Å². The molecule has 0 radical (unpaired) electrons. The van der Waals surface area contributed by atoms with Gasteiger partial charge >= 0.3 is 0 Å². The van der Waals surface area contributed by atoms with E-state index in [1.54, 1.807) is 19.3 Å². The monoisotopic (exact) mass is 436 g/mol. The lowest BCUT2D eigenvalue weighted by molar-refractivity contribution is -0.126. The first-order valence-electron chi connectivity index (χ1n) is 10.1. The summed E-state index contributed by atoms with van der Waals surface area (Å²) in [5.74, 6) is -2.14. The summed E-state index contributed by atoms with van der Waals surface area (Å²) in [7, 11) is 1.66. The molecule has 2 fully saturated rings. The van der Waals surface area contributed by atoms with Crippen molar-refractivity contribution in [2.75, 3.05) is 5.32 Å². The maximum atomic E-state index is 13.1. The lowest BCUT2D eigenvalue weighted by Crippen LogP contribution is -2.37. The van der Waals surface area contributed by atoms with Gasteiger partial charge < -0.3 is 24.5 Å². The second kappa shape index (κ2) is 10.0. The van der Waals surface area contributed by atoms with Crippen molar-refractivity contribution in [3.8, 4) is 5.75 Å². The summed E-state index contributed by atoms with van der Waals surface area (Å²) in [6, 6.07) is 6.90. The van der Waals surface area contributed by atoms with Crippen LogP contribution in [0.1, 0.15) is 32.6 Å². The van der Waals surface area contributed by atoms with Crippen molar-refractivity contribution < 1.29 is 28.2 Å². The fourth-order valence-electron chi connectivity index (χ4n) is 3.23. The van der Waals surface area contributed by atoms with Crippen molar-refractivity contribution in [2.24, 2.45) is 7.05 Å². The van der Waals surface area contributed by atoms with Gasteiger partial charge in [-0.2, -0.15) is 4.39 Å². The number of nitrogens with zero attached hydrogens (tertiary/aromatic N) is 1. The van der Waals surface area contributed by atoms with E-state index in [0.29, 0.717) is 18.5 Å². The summed E-state index contributed by atoms with van der Waals surface area (Å²) < 4.78 is 37.8. The number of aliphatic hydroxyl groups excluding tert-OH is 1. The average molecular weight is 436 g/mol. The van der Waals surface area contributed by atoms with Crippen LogP contribution in [-0.4, -0.2) is 40.0 Å². The molecule has 4 rings (SSSR count). The minimum atomic E-state index is -0.964. The Hall–Kier alpha value is -2.78. The molecule has 2 heterocycles. The van der Waals surface area contributed by atoms with Crippen molar-refractivity contribution in [3.63, 3.8) is 0 Å². The second-order valence-electron chi connectivity index (χ2n) is 7.78. The molecular formula is C22H26F2N2O5.